The number of aromatic nitrogens is 3. The van der Waals surface area contributed by atoms with Gasteiger partial charge in [-0.3, -0.25) is 0 Å². The zero-order chi connectivity index (χ0) is 28.6. The summed E-state index contributed by atoms with van der Waals surface area (Å²) in [6.07, 6.45) is 0. The predicted octanol–water partition coefficient (Wildman–Crippen LogP) is 10.6. The zero-order valence-corrected chi connectivity index (χ0v) is 24.0. The van der Waals surface area contributed by atoms with Gasteiger partial charge < -0.3 is 0 Å². The molecule has 0 amide bonds. The molecule has 8 rings (SSSR count). The molecule has 2 heterocycles. The molecular weight excluding hydrogens is 543 g/mol. The van der Waals surface area contributed by atoms with Crippen LogP contribution >= 0.6 is 11.3 Å². The van der Waals surface area contributed by atoms with Crippen LogP contribution in [0, 0.1) is 0 Å². The van der Waals surface area contributed by atoms with Crippen LogP contribution in [0.3, 0.4) is 0 Å². The van der Waals surface area contributed by atoms with Gasteiger partial charge in [-0.1, -0.05) is 133 Å². The third kappa shape index (κ3) is 4.78. The second-order valence-electron chi connectivity index (χ2n) is 10.5. The molecule has 0 aliphatic carbocycles. The summed E-state index contributed by atoms with van der Waals surface area (Å²) in [5.41, 5.74) is 9.44. The van der Waals surface area contributed by atoms with Gasteiger partial charge in [0.25, 0.3) is 0 Å². The molecule has 4 heteroatoms. The Morgan fingerprint density at radius 3 is 1.70 bits per heavy atom. The van der Waals surface area contributed by atoms with Crippen LogP contribution in [0.5, 0.6) is 0 Å². The predicted molar refractivity (Wildman–Crippen MR) is 180 cm³/mol. The first-order valence-electron chi connectivity index (χ1n) is 14.3. The highest BCUT2D eigenvalue weighted by molar-refractivity contribution is 7.21. The minimum atomic E-state index is 0.716. The molecule has 0 N–H and O–H groups in total. The number of thiazole rings is 1. The summed E-state index contributed by atoms with van der Waals surface area (Å²) in [6, 6.07) is 52.6. The van der Waals surface area contributed by atoms with E-state index in [0.29, 0.717) is 5.82 Å². The van der Waals surface area contributed by atoms with Crippen LogP contribution < -0.4 is 0 Å². The normalized spacial score (nSPS) is 11.3. The molecule has 0 aliphatic rings. The van der Waals surface area contributed by atoms with Crippen LogP contribution in [-0.2, 0) is 0 Å². The summed E-state index contributed by atoms with van der Waals surface area (Å²) in [5.74, 6) is 0.716. The van der Waals surface area contributed by atoms with Gasteiger partial charge >= 0.3 is 0 Å². The molecule has 6 aromatic carbocycles. The van der Waals surface area contributed by atoms with E-state index in [1.54, 1.807) is 11.3 Å². The number of fused-ring (bicyclic) bond motifs is 2. The number of nitrogens with zero attached hydrogens (tertiary/aromatic N) is 3. The van der Waals surface area contributed by atoms with E-state index >= 15 is 0 Å². The van der Waals surface area contributed by atoms with E-state index in [1.807, 2.05) is 42.5 Å². The fraction of sp³-hybridized carbons (Fsp3) is 0. The first kappa shape index (κ1) is 25.3. The largest absolute Gasteiger partial charge is 0.236 e. The van der Waals surface area contributed by atoms with Crippen LogP contribution in [-0.4, -0.2) is 15.0 Å². The lowest BCUT2D eigenvalue weighted by Crippen LogP contribution is -1.96. The van der Waals surface area contributed by atoms with E-state index in [4.69, 9.17) is 15.0 Å². The molecule has 0 unspecified atom stereocenters. The minimum Gasteiger partial charge on any atom is -0.236 e. The molecule has 0 atom stereocenters. The Morgan fingerprint density at radius 2 is 0.977 bits per heavy atom. The number of rotatable bonds is 5. The van der Waals surface area contributed by atoms with E-state index < -0.39 is 0 Å². The Hall–Kier alpha value is -5.45. The molecular formula is C39H25N3S. The van der Waals surface area contributed by atoms with Gasteiger partial charge in [0.05, 0.1) is 21.6 Å². The average Bonchev–Trinajstić information content (AvgIpc) is 3.52. The van der Waals surface area contributed by atoms with Crippen molar-refractivity contribution in [1.29, 1.82) is 0 Å². The molecule has 8 aromatic rings. The summed E-state index contributed by atoms with van der Waals surface area (Å²) < 4.78 is 1.19. The quantitative estimate of drug-likeness (QED) is 0.208. The maximum atomic E-state index is 5.10. The topological polar surface area (TPSA) is 38.7 Å². The van der Waals surface area contributed by atoms with Crippen molar-refractivity contribution in [2.75, 3.05) is 0 Å². The molecule has 0 saturated carbocycles. The van der Waals surface area contributed by atoms with E-state index in [2.05, 4.69) is 109 Å². The van der Waals surface area contributed by atoms with Gasteiger partial charge in [-0.15, -0.1) is 11.3 Å². The average molecular weight is 568 g/mol. The summed E-state index contributed by atoms with van der Waals surface area (Å²) in [4.78, 5) is 15.1. The van der Waals surface area contributed by atoms with E-state index in [9.17, 15) is 0 Å². The van der Waals surface area contributed by atoms with Crippen molar-refractivity contribution in [2.45, 2.75) is 0 Å². The van der Waals surface area contributed by atoms with Gasteiger partial charge in [-0.25, -0.2) is 15.0 Å². The van der Waals surface area contributed by atoms with Gasteiger partial charge in [0, 0.05) is 22.3 Å². The summed E-state index contributed by atoms with van der Waals surface area (Å²) in [6.45, 7) is 0. The first-order valence-corrected chi connectivity index (χ1v) is 15.1. The highest BCUT2D eigenvalue weighted by Crippen LogP contribution is 2.39. The lowest BCUT2D eigenvalue weighted by atomic mass is 9.93. The Bertz CT molecular complexity index is 2170. The lowest BCUT2D eigenvalue weighted by Gasteiger charge is -2.14. The maximum absolute atomic E-state index is 5.10. The Labute approximate surface area is 253 Å². The first-order chi connectivity index (χ1) is 21.3. The molecule has 43 heavy (non-hydrogen) atoms. The van der Waals surface area contributed by atoms with Gasteiger partial charge in [0.15, 0.2) is 5.82 Å². The van der Waals surface area contributed by atoms with Gasteiger partial charge in [0.1, 0.15) is 5.01 Å². The fourth-order valence-corrected chi connectivity index (χ4v) is 6.58. The Balaban J connectivity index is 1.28. The molecule has 0 saturated heterocycles. The fourth-order valence-electron chi connectivity index (χ4n) is 5.63. The lowest BCUT2D eigenvalue weighted by molar-refractivity contribution is 1.18. The zero-order valence-electron chi connectivity index (χ0n) is 23.2. The van der Waals surface area contributed by atoms with Crippen molar-refractivity contribution in [3.05, 3.63) is 152 Å². The Kier molecular flexibility index (Phi) is 6.32. The van der Waals surface area contributed by atoms with E-state index in [-0.39, 0.29) is 0 Å². The van der Waals surface area contributed by atoms with Crippen LogP contribution in [0.1, 0.15) is 0 Å². The molecule has 2 aromatic heterocycles. The minimum absolute atomic E-state index is 0.716. The van der Waals surface area contributed by atoms with Crippen LogP contribution in [0.15, 0.2) is 152 Å². The SMILES string of the molecule is c1ccc(-c2cc(-c3ccc(-c4ccc5sc(-c6ccccc6)nc5c4)c4ccccc34)nc(-c3ccccc3)n2)cc1. The number of benzene rings is 6. The molecule has 3 nitrogen and oxygen atoms in total. The summed E-state index contributed by atoms with van der Waals surface area (Å²) >= 11 is 1.73. The summed E-state index contributed by atoms with van der Waals surface area (Å²) in [7, 11) is 0. The van der Waals surface area contributed by atoms with Crippen LogP contribution in [0.2, 0.25) is 0 Å². The summed E-state index contributed by atoms with van der Waals surface area (Å²) in [5, 5.41) is 3.37. The van der Waals surface area contributed by atoms with Gasteiger partial charge in [-0.05, 0) is 40.1 Å². The molecule has 0 bridgehead atoms. The van der Waals surface area contributed by atoms with Crippen molar-refractivity contribution in [1.82, 2.24) is 15.0 Å². The molecule has 0 aliphatic heterocycles. The maximum Gasteiger partial charge on any atom is 0.160 e. The van der Waals surface area contributed by atoms with Crippen molar-refractivity contribution in [2.24, 2.45) is 0 Å². The van der Waals surface area contributed by atoms with Crippen LogP contribution in [0.4, 0.5) is 0 Å². The third-order valence-electron chi connectivity index (χ3n) is 7.75. The standard InChI is InChI=1S/C39H25N3S/c1-4-12-26(13-5-1)34-25-35(41-38(40-34)27-14-6-2-7-15-27)33-22-21-30(31-18-10-11-19-32(31)33)29-20-23-37-36(24-29)42-39(43-37)28-16-8-3-9-17-28/h1-25H. The number of hydrogen-bond acceptors (Lipinski definition) is 4. The van der Waals surface area contributed by atoms with Crippen molar-refractivity contribution in [3.8, 4) is 55.6 Å². The monoisotopic (exact) mass is 567 g/mol. The van der Waals surface area contributed by atoms with Crippen molar-refractivity contribution < 1.29 is 0 Å². The molecule has 0 radical (unpaired) electrons. The van der Waals surface area contributed by atoms with Crippen molar-refractivity contribution in [3.63, 3.8) is 0 Å². The van der Waals surface area contributed by atoms with Gasteiger partial charge in [-0.2, -0.15) is 0 Å². The van der Waals surface area contributed by atoms with Crippen molar-refractivity contribution >= 4 is 32.3 Å². The van der Waals surface area contributed by atoms with Crippen LogP contribution in [0.25, 0.3) is 76.6 Å². The third-order valence-corrected chi connectivity index (χ3v) is 8.83. The molecule has 0 fully saturated rings. The smallest absolute Gasteiger partial charge is 0.160 e. The number of hydrogen-bond donors (Lipinski definition) is 0. The molecule has 202 valence electrons. The second-order valence-corrected chi connectivity index (χ2v) is 11.5. The highest BCUT2D eigenvalue weighted by Gasteiger charge is 2.15. The second kappa shape index (κ2) is 10.8. The Morgan fingerprint density at radius 1 is 0.395 bits per heavy atom. The van der Waals surface area contributed by atoms with E-state index in [0.717, 1.165) is 55.1 Å². The van der Waals surface area contributed by atoms with E-state index in [1.165, 1.54) is 15.6 Å². The highest BCUT2D eigenvalue weighted by atomic mass is 32.1. The molecule has 0 spiro atoms. The van der Waals surface area contributed by atoms with Gasteiger partial charge in [0.2, 0.25) is 0 Å².